The molecule has 1 aliphatic carbocycles. The number of allylic oxidation sites excluding steroid dienone is 9. The van der Waals surface area contributed by atoms with Crippen LogP contribution in [0.4, 0.5) is 0 Å². The third-order valence-electron chi connectivity index (χ3n) is 5.99. The molecule has 2 atom stereocenters. The van der Waals surface area contributed by atoms with Gasteiger partial charge >= 0.3 is 5.97 Å². The molecule has 0 saturated carbocycles. The van der Waals surface area contributed by atoms with Gasteiger partial charge in [-0.05, 0) is 105 Å². The van der Waals surface area contributed by atoms with Crippen molar-refractivity contribution in [3.05, 3.63) is 58.2 Å². The fraction of sp³-hybridized carbons (Fsp3) is 0.586. The first-order chi connectivity index (χ1) is 15.1. The molecule has 0 aromatic rings. The zero-order valence-corrected chi connectivity index (χ0v) is 21.4. The molecular weight excluding hydrogens is 396 g/mol. The molecule has 0 heterocycles. The maximum Gasteiger partial charge on any atom is 0.303 e. The van der Waals surface area contributed by atoms with Crippen LogP contribution >= 0.6 is 0 Å². The zero-order chi connectivity index (χ0) is 24.1. The Labute approximate surface area is 196 Å². The number of carbonyl (C=O) groups excluding carboxylic acids is 2. The summed E-state index contributed by atoms with van der Waals surface area (Å²) in [5, 5.41) is 0. The first-order valence-corrected chi connectivity index (χ1v) is 12.1. The number of ether oxygens (including phenoxy) is 1. The van der Waals surface area contributed by atoms with Crippen molar-refractivity contribution in [2.45, 2.75) is 106 Å². The van der Waals surface area contributed by atoms with E-state index in [0.717, 1.165) is 44.1 Å². The van der Waals surface area contributed by atoms with Crippen molar-refractivity contribution in [1.82, 2.24) is 0 Å². The van der Waals surface area contributed by atoms with E-state index in [4.69, 9.17) is 4.74 Å². The highest BCUT2D eigenvalue weighted by atomic mass is 16.5. The molecule has 1 rings (SSSR count). The number of ketones is 1. The Bertz CT molecular complexity index is 785. The van der Waals surface area contributed by atoms with E-state index in [-0.39, 0.29) is 23.8 Å². The fourth-order valence-electron chi connectivity index (χ4n) is 3.88. The van der Waals surface area contributed by atoms with E-state index in [2.05, 4.69) is 58.9 Å². The molecule has 178 valence electrons. The van der Waals surface area contributed by atoms with Crippen LogP contribution in [0.25, 0.3) is 0 Å². The van der Waals surface area contributed by atoms with Gasteiger partial charge in [0.25, 0.3) is 0 Å². The van der Waals surface area contributed by atoms with Crippen LogP contribution in [0, 0.1) is 5.92 Å². The van der Waals surface area contributed by atoms with Crippen molar-refractivity contribution < 1.29 is 14.3 Å². The summed E-state index contributed by atoms with van der Waals surface area (Å²) in [7, 11) is 0. The molecule has 0 radical (unpaired) electrons. The van der Waals surface area contributed by atoms with Crippen LogP contribution in [0.5, 0.6) is 0 Å². The van der Waals surface area contributed by atoms with Gasteiger partial charge in [0.1, 0.15) is 6.10 Å². The van der Waals surface area contributed by atoms with Crippen LogP contribution in [0.3, 0.4) is 0 Å². The number of esters is 1. The van der Waals surface area contributed by atoms with Crippen LogP contribution in [-0.2, 0) is 14.3 Å². The minimum absolute atomic E-state index is 0.0953. The maximum atomic E-state index is 12.3. The van der Waals surface area contributed by atoms with Crippen molar-refractivity contribution in [3.8, 4) is 0 Å². The van der Waals surface area contributed by atoms with Gasteiger partial charge in [-0.15, -0.1) is 0 Å². The summed E-state index contributed by atoms with van der Waals surface area (Å²) in [5.74, 6) is -0.240. The molecule has 32 heavy (non-hydrogen) atoms. The molecule has 0 saturated heterocycles. The zero-order valence-electron chi connectivity index (χ0n) is 21.4. The second-order valence-corrected chi connectivity index (χ2v) is 9.61. The summed E-state index contributed by atoms with van der Waals surface area (Å²) < 4.78 is 5.36. The molecule has 1 aliphatic rings. The SMILES string of the molecule is CC(=O)OC1C[C@@H](C/C=C(\C)CC/C=C(\C)CC/C=C(\C)CCC=C(C)C)C(=O)C=C1C. The van der Waals surface area contributed by atoms with E-state index >= 15 is 0 Å². The van der Waals surface area contributed by atoms with E-state index in [0.29, 0.717) is 12.8 Å². The predicted octanol–water partition coefficient (Wildman–Crippen LogP) is 7.99. The first-order valence-electron chi connectivity index (χ1n) is 12.1. The molecule has 0 aromatic carbocycles. The lowest BCUT2D eigenvalue weighted by Gasteiger charge is -2.26. The summed E-state index contributed by atoms with van der Waals surface area (Å²) >= 11 is 0. The van der Waals surface area contributed by atoms with Crippen LogP contribution in [0.1, 0.15) is 99.8 Å². The minimum Gasteiger partial charge on any atom is -0.458 e. The van der Waals surface area contributed by atoms with Crippen molar-refractivity contribution in [2.75, 3.05) is 0 Å². The molecule has 0 aliphatic heterocycles. The third-order valence-corrected chi connectivity index (χ3v) is 5.99. The highest BCUT2D eigenvalue weighted by Gasteiger charge is 2.29. The Morgan fingerprint density at radius 3 is 1.88 bits per heavy atom. The van der Waals surface area contributed by atoms with E-state index in [1.165, 1.54) is 29.2 Å². The van der Waals surface area contributed by atoms with E-state index in [1.54, 1.807) is 6.08 Å². The standard InChI is InChI=1S/C29H44O3/c1-21(2)11-8-12-22(3)13-9-14-23(4)15-10-16-24(5)17-18-27-20-29(32-26(7)30)25(6)19-28(27)31/h11,13,15,17,19,27,29H,8-10,12,14,16,18,20H2,1-7H3/b22-13+,23-15+,24-17+/t27-,29?/m1/s1. The largest absolute Gasteiger partial charge is 0.458 e. The van der Waals surface area contributed by atoms with Crippen molar-refractivity contribution in [3.63, 3.8) is 0 Å². The summed E-state index contributed by atoms with van der Waals surface area (Å²) in [4.78, 5) is 23.6. The molecule has 0 aromatic heterocycles. The molecule has 3 nitrogen and oxygen atoms in total. The molecule has 0 fully saturated rings. The van der Waals surface area contributed by atoms with Crippen LogP contribution in [0.2, 0.25) is 0 Å². The number of carbonyl (C=O) groups is 2. The average molecular weight is 441 g/mol. The van der Waals surface area contributed by atoms with Gasteiger partial charge in [0.2, 0.25) is 0 Å². The fourth-order valence-corrected chi connectivity index (χ4v) is 3.88. The summed E-state index contributed by atoms with van der Waals surface area (Å²) in [6.07, 6.45) is 18.5. The quantitative estimate of drug-likeness (QED) is 0.228. The molecular formula is C29H44O3. The second kappa shape index (κ2) is 14.8. The van der Waals surface area contributed by atoms with Gasteiger partial charge in [-0.1, -0.05) is 46.6 Å². The predicted molar refractivity (Wildman–Crippen MR) is 135 cm³/mol. The van der Waals surface area contributed by atoms with Crippen molar-refractivity contribution in [1.29, 1.82) is 0 Å². The topological polar surface area (TPSA) is 43.4 Å². The van der Waals surface area contributed by atoms with Gasteiger partial charge in [0.05, 0.1) is 0 Å². The van der Waals surface area contributed by atoms with Gasteiger partial charge in [0.15, 0.2) is 5.78 Å². The molecule has 0 N–H and O–H groups in total. The summed E-state index contributed by atoms with van der Waals surface area (Å²) in [6.45, 7) is 14.2. The Balaban J connectivity index is 2.40. The number of rotatable bonds is 12. The van der Waals surface area contributed by atoms with E-state index < -0.39 is 0 Å². The lowest BCUT2D eigenvalue weighted by atomic mass is 9.84. The number of hydrogen-bond donors (Lipinski definition) is 0. The summed E-state index contributed by atoms with van der Waals surface area (Å²) in [5.41, 5.74) is 6.48. The third kappa shape index (κ3) is 12.0. The number of hydrogen-bond acceptors (Lipinski definition) is 3. The highest BCUT2D eigenvalue weighted by Crippen LogP contribution is 2.27. The van der Waals surface area contributed by atoms with Gasteiger partial charge < -0.3 is 4.74 Å². The minimum atomic E-state index is -0.292. The molecule has 0 bridgehead atoms. The summed E-state index contributed by atoms with van der Waals surface area (Å²) in [6, 6.07) is 0. The van der Waals surface area contributed by atoms with E-state index in [9.17, 15) is 9.59 Å². The van der Waals surface area contributed by atoms with Crippen LogP contribution < -0.4 is 0 Å². The van der Waals surface area contributed by atoms with Gasteiger partial charge in [-0.3, -0.25) is 9.59 Å². The lowest BCUT2D eigenvalue weighted by molar-refractivity contribution is -0.146. The maximum absolute atomic E-state index is 12.3. The Morgan fingerprint density at radius 2 is 1.38 bits per heavy atom. The Hall–Kier alpha value is -2.16. The van der Waals surface area contributed by atoms with Gasteiger partial charge in [-0.25, -0.2) is 0 Å². The first kappa shape index (κ1) is 27.9. The Kier molecular flexibility index (Phi) is 12.9. The van der Waals surface area contributed by atoms with Crippen molar-refractivity contribution >= 4 is 11.8 Å². The Morgan fingerprint density at radius 1 is 0.875 bits per heavy atom. The normalized spacial score (nSPS) is 20.2. The van der Waals surface area contributed by atoms with E-state index in [1.807, 2.05) is 6.92 Å². The van der Waals surface area contributed by atoms with Crippen molar-refractivity contribution in [2.24, 2.45) is 5.92 Å². The van der Waals surface area contributed by atoms with Gasteiger partial charge in [0, 0.05) is 12.8 Å². The molecule has 0 spiro atoms. The lowest BCUT2D eigenvalue weighted by Crippen LogP contribution is -2.29. The second-order valence-electron chi connectivity index (χ2n) is 9.61. The van der Waals surface area contributed by atoms with Crippen LogP contribution in [-0.4, -0.2) is 17.9 Å². The highest BCUT2D eigenvalue weighted by molar-refractivity contribution is 5.93. The van der Waals surface area contributed by atoms with Gasteiger partial charge in [-0.2, -0.15) is 0 Å². The smallest absolute Gasteiger partial charge is 0.303 e. The van der Waals surface area contributed by atoms with Crippen LogP contribution in [0.15, 0.2) is 58.2 Å². The monoisotopic (exact) mass is 440 g/mol. The molecule has 1 unspecified atom stereocenters. The molecule has 3 heteroatoms. The molecule has 0 amide bonds. The average Bonchev–Trinajstić information content (AvgIpc) is 2.68.